The Morgan fingerprint density at radius 3 is 2.50 bits per heavy atom. The second-order valence-corrected chi connectivity index (χ2v) is 6.93. The van der Waals surface area contributed by atoms with Gasteiger partial charge in [-0.05, 0) is 73.7 Å². The molecule has 0 aromatic heterocycles. The van der Waals surface area contributed by atoms with Gasteiger partial charge in [-0.3, -0.25) is 0 Å². The molecule has 2 aromatic rings. The van der Waals surface area contributed by atoms with Crippen LogP contribution in [0.25, 0.3) is 0 Å². The van der Waals surface area contributed by atoms with Crippen LogP contribution in [0.1, 0.15) is 30.1 Å². The first kappa shape index (κ1) is 18.7. The number of phenols is 1. The van der Waals surface area contributed by atoms with Crippen LogP contribution in [0.5, 0.6) is 11.5 Å². The SMILES string of the molecule is COc1cc(C(O)C2CCN(CCc3ccc(F)cc3)CC2)ccc1O. The molecule has 1 fully saturated rings. The number of aliphatic hydroxyl groups excluding tert-OH is 1. The number of rotatable bonds is 6. The summed E-state index contributed by atoms with van der Waals surface area (Å²) in [5.41, 5.74) is 1.93. The van der Waals surface area contributed by atoms with E-state index in [9.17, 15) is 14.6 Å². The van der Waals surface area contributed by atoms with Gasteiger partial charge in [0.15, 0.2) is 11.5 Å². The van der Waals surface area contributed by atoms with Crippen molar-refractivity contribution in [2.45, 2.75) is 25.4 Å². The molecule has 0 saturated carbocycles. The lowest BCUT2D eigenvalue weighted by Crippen LogP contribution is -2.36. The predicted octanol–water partition coefficient (Wildman–Crippen LogP) is 3.53. The third kappa shape index (κ3) is 4.54. The summed E-state index contributed by atoms with van der Waals surface area (Å²) >= 11 is 0. The standard InChI is InChI=1S/C21H26FNO3/c1-26-20-14-17(4-7-19(20)24)21(25)16-9-12-23(13-10-16)11-8-15-2-5-18(22)6-3-15/h2-7,14,16,21,24-25H,8-13H2,1H3. The van der Waals surface area contributed by atoms with Crippen LogP contribution in [0.2, 0.25) is 0 Å². The van der Waals surface area contributed by atoms with E-state index in [0.717, 1.165) is 50.0 Å². The fourth-order valence-electron chi connectivity index (χ4n) is 3.58. The molecular weight excluding hydrogens is 333 g/mol. The van der Waals surface area contributed by atoms with E-state index in [-0.39, 0.29) is 17.5 Å². The van der Waals surface area contributed by atoms with Gasteiger partial charge in [-0.15, -0.1) is 0 Å². The van der Waals surface area contributed by atoms with Gasteiger partial charge in [0.1, 0.15) is 5.82 Å². The number of piperidine rings is 1. The number of methoxy groups -OCH3 is 1. The molecule has 3 rings (SSSR count). The maximum atomic E-state index is 13.0. The molecule has 1 atom stereocenters. The van der Waals surface area contributed by atoms with E-state index < -0.39 is 6.10 Å². The van der Waals surface area contributed by atoms with Gasteiger partial charge in [-0.1, -0.05) is 18.2 Å². The van der Waals surface area contributed by atoms with Gasteiger partial charge < -0.3 is 19.8 Å². The first-order chi connectivity index (χ1) is 12.6. The van der Waals surface area contributed by atoms with Crippen molar-refractivity contribution >= 4 is 0 Å². The molecule has 26 heavy (non-hydrogen) atoms. The summed E-state index contributed by atoms with van der Waals surface area (Å²) < 4.78 is 18.1. The molecule has 1 saturated heterocycles. The quantitative estimate of drug-likeness (QED) is 0.829. The first-order valence-electron chi connectivity index (χ1n) is 9.08. The van der Waals surface area contributed by atoms with Crippen LogP contribution in [0.4, 0.5) is 4.39 Å². The average Bonchev–Trinajstić information content (AvgIpc) is 2.68. The van der Waals surface area contributed by atoms with E-state index in [4.69, 9.17) is 4.74 Å². The molecule has 0 aliphatic carbocycles. The predicted molar refractivity (Wildman–Crippen MR) is 98.9 cm³/mol. The van der Waals surface area contributed by atoms with E-state index in [1.807, 2.05) is 12.1 Å². The second-order valence-electron chi connectivity index (χ2n) is 6.93. The van der Waals surface area contributed by atoms with E-state index in [2.05, 4.69) is 4.90 Å². The number of phenolic OH excluding ortho intramolecular Hbond substituents is 1. The topological polar surface area (TPSA) is 52.9 Å². The summed E-state index contributed by atoms with van der Waals surface area (Å²) in [5.74, 6) is 0.470. The fraction of sp³-hybridized carbons (Fsp3) is 0.429. The van der Waals surface area contributed by atoms with Crippen molar-refractivity contribution in [2.24, 2.45) is 5.92 Å². The van der Waals surface area contributed by atoms with Gasteiger partial charge in [-0.25, -0.2) is 4.39 Å². The Hall–Kier alpha value is -2.11. The van der Waals surface area contributed by atoms with Crippen molar-refractivity contribution in [3.8, 4) is 11.5 Å². The Morgan fingerprint density at radius 1 is 1.15 bits per heavy atom. The molecule has 1 unspecified atom stereocenters. The van der Waals surface area contributed by atoms with Crippen LogP contribution in [-0.4, -0.2) is 41.9 Å². The van der Waals surface area contributed by atoms with Crippen molar-refractivity contribution in [2.75, 3.05) is 26.7 Å². The van der Waals surface area contributed by atoms with E-state index in [1.54, 1.807) is 18.2 Å². The highest BCUT2D eigenvalue weighted by atomic mass is 19.1. The summed E-state index contributed by atoms with van der Waals surface area (Å²) in [4.78, 5) is 2.39. The maximum Gasteiger partial charge on any atom is 0.160 e. The number of nitrogens with zero attached hydrogens (tertiary/aromatic N) is 1. The van der Waals surface area contributed by atoms with Crippen molar-refractivity contribution in [1.82, 2.24) is 4.90 Å². The minimum Gasteiger partial charge on any atom is -0.504 e. The van der Waals surface area contributed by atoms with Crippen molar-refractivity contribution in [3.63, 3.8) is 0 Å². The largest absolute Gasteiger partial charge is 0.504 e. The number of aliphatic hydroxyl groups is 1. The van der Waals surface area contributed by atoms with Crippen LogP contribution in [-0.2, 0) is 6.42 Å². The number of ether oxygens (including phenoxy) is 1. The van der Waals surface area contributed by atoms with E-state index in [1.165, 1.54) is 19.2 Å². The zero-order chi connectivity index (χ0) is 18.5. The van der Waals surface area contributed by atoms with Crippen molar-refractivity contribution in [3.05, 3.63) is 59.4 Å². The summed E-state index contributed by atoms with van der Waals surface area (Å²) in [6, 6.07) is 11.7. The number of aromatic hydroxyl groups is 1. The van der Waals surface area contributed by atoms with Gasteiger partial charge in [0.25, 0.3) is 0 Å². The molecule has 5 heteroatoms. The molecule has 1 heterocycles. The summed E-state index contributed by atoms with van der Waals surface area (Å²) in [7, 11) is 1.50. The molecule has 4 nitrogen and oxygen atoms in total. The lowest BCUT2D eigenvalue weighted by atomic mass is 9.87. The molecule has 1 aliphatic heterocycles. The molecule has 140 valence electrons. The summed E-state index contributed by atoms with van der Waals surface area (Å²) in [5, 5.41) is 20.4. The minimum absolute atomic E-state index is 0.0825. The molecule has 2 aromatic carbocycles. The van der Waals surface area contributed by atoms with Gasteiger partial charge in [0.2, 0.25) is 0 Å². The molecule has 0 radical (unpaired) electrons. The fourth-order valence-corrected chi connectivity index (χ4v) is 3.58. The normalized spacial score (nSPS) is 17.2. The highest BCUT2D eigenvalue weighted by molar-refractivity contribution is 5.42. The third-order valence-corrected chi connectivity index (χ3v) is 5.25. The Labute approximate surface area is 153 Å². The lowest BCUT2D eigenvalue weighted by molar-refractivity contribution is 0.0590. The minimum atomic E-state index is -0.552. The first-order valence-corrected chi connectivity index (χ1v) is 9.08. The highest BCUT2D eigenvalue weighted by Crippen LogP contribution is 2.35. The van der Waals surface area contributed by atoms with Crippen LogP contribution in [0, 0.1) is 11.7 Å². The van der Waals surface area contributed by atoms with E-state index in [0.29, 0.717) is 5.75 Å². The lowest BCUT2D eigenvalue weighted by Gasteiger charge is -2.34. The summed E-state index contributed by atoms with van der Waals surface area (Å²) in [6.45, 7) is 2.83. The van der Waals surface area contributed by atoms with Crippen molar-refractivity contribution in [1.29, 1.82) is 0 Å². The molecule has 0 amide bonds. The molecule has 0 spiro atoms. The molecular formula is C21H26FNO3. The Bertz CT molecular complexity index is 712. The van der Waals surface area contributed by atoms with Crippen LogP contribution < -0.4 is 4.74 Å². The third-order valence-electron chi connectivity index (χ3n) is 5.25. The van der Waals surface area contributed by atoms with Gasteiger partial charge in [-0.2, -0.15) is 0 Å². The van der Waals surface area contributed by atoms with Crippen LogP contribution in [0.3, 0.4) is 0 Å². The monoisotopic (exact) mass is 359 g/mol. The number of benzene rings is 2. The van der Waals surface area contributed by atoms with Crippen molar-refractivity contribution < 1.29 is 19.3 Å². The van der Waals surface area contributed by atoms with Gasteiger partial charge in [0.05, 0.1) is 13.2 Å². The Balaban J connectivity index is 1.50. The number of hydrogen-bond acceptors (Lipinski definition) is 4. The van der Waals surface area contributed by atoms with Gasteiger partial charge >= 0.3 is 0 Å². The second kappa shape index (κ2) is 8.52. The number of likely N-dealkylation sites (tertiary alicyclic amines) is 1. The molecule has 2 N–H and O–H groups in total. The summed E-state index contributed by atoms with van der Waals surface area (Å²) in [6.07, 6.45) is 2.20. The zero-order valence-electron chi connectivity index (χ0n) is 15.1. The van der Waals surface area contributed by atoms with Gasteiger partial charge in [0, 0.05) is 6.54 Å². The van der Waals surface area contributed by atoms with Crippen LogP contribution >= 0.6 is 0 Å². The molecule has 1 aliphatic rings. The number of hydrogen-bond donors (Lipinski definition) is 2. The average molecular weight is 359 g/mol. The smallest absolute Gasteiger partial charge is 0.160 e. The molecule has 0 bridgehead atoms. The van der Waals surface area contributed by atoms with E-state index >= 15 is 0 Å². The Kier molecular flexibility index (Phi) is 6.12. The highest BCUT2D eigenvalue weighted by Gasteiger charge is 2.26. The number of halogens is 1. The Morgan fingerprint density at radius 2 is 1.85 bits per heavy atom. The van der Waals surface area contributed by atoms with Crippen LogP contribution in [0.15, 0.2) is 42.5 Å². The maximum absolute atomic E-state index is 13.0. The zero-order valence-corrected chi connectivity index (χ0v) is 15.1.